The molecular weight excluding hydrogens is 316 g/mol. The van der Waals surface area contributed by atoms with Gasteiger partial charge in [-0.05, 0) is 43.3 Å². The summed E-state index contributed by atoms with van der Waals surface area (Å²) in [5, 5.41) is 2.59. The summed E-state index contributed by atoms with van der Waals surface area (Å²) >= 11 is 11.5. The second kappa shape index (κ2) is 6.78. The smallest absolute Gasteiger partial charge is 0.257 e. The van der Waals surface area contributed by atoms with Crippen LogP contribution in [0.25, 0.3) is 0 Å². The van der Waals surface area contributed by atoms with Crippen LogP contribution in [0.2, 0.25) is 10.0 Å². The predicted molar refractivity (Wildman–Crippen MR) is 82.0 cm³/mol. The molecule has 0 unspecified atom stereocenters. The van der Waals surface area contributed by atoms with Gasteiger partial charge in [-0.1, -0.05) is 23.2 Å². The lowest BCUT2D eigenvalue weighted by Crippen LogP contribution is -2.12. The third-order valence-corrected chi connectivity index (χ3v) is 3.28. The van der Waals surface area contributed by atoms with E-state index in [1.54, 1.807) is 24.3 Å². The normalized spacial score (nSPS) is 10.3. The Labute approximate surface area is 131 Å². The van der Waals surface area contributed by atoms with Crippen molar-refractivity contribution in [2.45, 2.75) is 6.92 Å². The number of hydrogen-bond acceptors (Lipinski definition) is 2. The van der Waals surface area contributed by atoms with Crippen molar-refractivity contribution in [1.29, 1.82) is 0 Å². The van der Waals surface area contributed by atoms with Gasteiger partial charge in [-0.3, -0.25) is 4.79 Å². The maximum absolute atomic E-state index is 13.4. The quantitative estimate of drug-likeness (QED) is 0.820. The summed E-state index contributed by atoms with van der Waals surface area (Å²) in [4.78, 5) is 12.1. The minimum Gasteiger partial charge on any atom is -0.494 e. The molecule has 1 amide bonds. The number of anilines is 1. The molecule has 0 bridgehead atoms. The lowest BCUT2D eigenvalue weighted by Gasteiger charge is -2.09. The summed E-state index contributed by atoms with van der Waals surface area (Å²) in [6.07, 6.45) is 0. The number of halogens is 3. The molecule has 0 heterocycles. The van der Waals surface area contributed by atoms with Crippen LogP contribution in [-0.4, -0.2) is 12.5 Å². The fourth-order valence-corrected chi connectivity index (χ4v) is 2.17. The van der Waals surface area contributed by atoms with E-state index in [4.69, 9.17) is 27.9 Å². The average molecular weight is 328 g/mol. The van der Waals surface area contributed by atoms with Crippen LogP contribution in [0.5, 0.6) is 5.75 Å². The van der Waals surface area contributed by atoms with Crippen molar-refractivity contribution < 1.29 is 13.9 Å². The molecule has 0 saturated heterocycles. The molecule has 2 aromatic rings. The number of nitrogens with one attached hydrogen (secondary N) is 1. The molecule has 0 atom stereocenters. The van der Waals surface area contributed by atoms with Gasteiger partial charge >= 0.3 is 0 Å². The van der Waals surface area contributed by atoms with Gasteiger partial charge in [0.15, 0.2) is 0 Å². The number of hydrogen-bond donors (Lipinski definition) is 1. The molecule has 21 heavy (non-hydrogen) atoms. The molecule has 0 aromatic heterocycles. The Morgan fingerprint density at radius 1 is 1.19 bits per heavy atom. The highest BCUT2D eigenvalue weighted by atomic mass is 35.5. The molecule has 0 saturated carbocycles. The van der Waals surface area contributed by atoms with Crippen molar-refractivity contribution in [3.8, 4) is 5.75 Å². The van der Waals surface area contributed by atoms with Crippen LogP contribution in [0, 0.1) is 5.82 Å². The Kier molecular flexibility index (Phi) is 5.04. The van der Waals surface area contributed by atoms with E-state index in [1.165, 1.54) is 6.07 Å². The lowest BCUT2D eigenvalue weighted by atomic mass is 10.2. The van der Waals surface area contributed by atoms with Gasteiger partial charge in [-0.25, -0.2) is 4.39 Å². The number of benzene rings is 2. The zero-order valence-electron chi connectivity index (χ0n) is 11.1. The Hall–Kier alpha value is -1.78. The van der Waals surface area contributed by atoms with Crippen LogP contribution in [0.1, 0.15) is 17.3 Å². The zero-order valence-corrected chi connectivity index (χ0v) is 12.6. The van der Waals surface area contributed by atoms with Crippen LogP contribution in [0.4, 0.5) is 10.1 Å². The third kappa shape index (κ3) is 3.86. The van der Waals surface area contributed by atoms with Crippen molar-refractivity contribution in [1.82, 2.24) is 0 Å². The minimum atomic E-state index is -0.696. The fraction of sp³-hybridized carbons (Fsp3) is 0.133. The SMILES string of the molecule is CCOc1ccc(NC(=O)c2cc(F)c(Cl)cc2Cl)cc1. The monoisotopic (exact) mass is 327 g/mol. The van der Waals surface area contributed by atoms with Gasteiger partial charge in [0.05, 0.1) is 22.2 Å². The standard InChI is InChI=1S/C15H12Cl2FNO2/c1-2-21-10-5-3-9(4-6-10)19-15(20)11-7-14(18)13(17)8-12(11)16/h3-8H,2H2,1H3,(H,19,20). The summed E-state index contributed by atoms with van der Waals surface area (Å²) in [5.74, 6) is -0.510. The predicted octanol–water partition coefficient (Wildman–Crippen LogP) is 4.78. The van der Waals surface area contributed by atoms with Crippen LogP contribution in [0.3, 0.4) is 0 Å². The highest BCUT2D eigenvalue weighted by molar-refractivity contribution is 6.37. The van der Waals surface area contributed by atoms with Crippen LogP contribution >= 0.6 is 23.2 Å². The molecule has 0 aliphatic carbocycles. The molecule has 110 valence electrons. The summed E-state index contributed by atoms with van der Waals surface area (Å²) in [5.41, 5.74) is 0.572. The largest absolute Gasteiger partial charge is 0.494 e. The first kappa shape index (κ1) is 15.6. The minimum absolute atomic E-state index is 0.0208. The number of carbonyl (C=O) groups is 1. The van der Waals surface area contributed by atoms with E-state index in [2.05, 4.69) is 5.32 Å². The van der Waals surface area contributed by atoms with Gasteiger partial charge in [-0.2, -0.15) is 0 Å². The van der Waals surface area contributed by atoms with Crippen LogP contribution in [-0.2, 0) is 0 Å². The molecular formula is C15H12Cl2FNO2. The van der Waals surface area contributed by atoms with E-state index in [9.17, 15) is 9.18 Å². The first-order valence-electron chi connectivity index (χ1n) is 6.20. The van der Waals surface area contributed by atoms with Gasteiger partial charge in [0.1, 0.15) is 11.6 Å². The van der Waals surface area contributed by atoms with E-state index in [1.807, 2.05) is 6.92 Å². The third-order valence-electron chi connectivity index (χ3n) is 2.68. The molecule has 0 fully saturated rings. The van der Waals surface area contributed by atoms with Gasteiger partial charge < -0.3 is 10.1 Å². The van der Waals surface area contributed by atoms with Crippen molar-refractivity contribution in [3.05, 3.63) is 57.8 Å². The Bertz CT molecular complexity index is 659. The molecule has 2 aromatic carbocycles. The van der Waals surface area contributed by atoms with Gasteiger partial charge in [0, 0.05) is 5.69 Å². The van der Waals surface area contributed by atoms with Crippen LogP contribution < -0.4 is 10.1 Å². The number of amides is 1. The van der Waals surface area contributed by atoms with Gasteiger partial charge in [0.2, 0.25) is 0 Å². The van der Waals surface area contributed by atoms with Crippen molar-refractivity contribution >= 4 is 34.8 Å². The first-order chi connectivity index (χ1) is 10.0. The summed E-state index contributed by atoms with van der Waals surface area (Å²) < 4.78 is 18.7. The van der Waals surface area contributed by atoms with E-state index in [0.29, 0.717) is 18.0 Å². The molecule has 6 heteroatoms. The summed E-state index contributed by atoms with van der Waals surface area (Å²) in [7, 11) is 0. The highest BCUT2D eigenvalue weighted by Gasteiger charge is 2.14. The second-order valence-electron chi connectivity index (χ2n) is 4.16. The molecule has 3 nitrogen and oxygen atoms in total. The number of carbonyl (C=O) groups excluding carboxylic acids is 1. The second-order valence-corrected chi connectivity index (χ2v) is 4.97. The van der Waals surface area contributed by atoms with Crippen molar-refractivity contribution in [2.24, 2.45) is 0 Å². The summed E-state index contributed by atoms with van der Waals surface area (Å²) in [6, 6.07) is 9.03. The number of ether oxygens (including phenoxy) is 1. The molecule has 0 radical (unpaired) electrons. The fourth-order valence-electron chi connectivity index (χ4n) is 1.70. The topological polar surface area (TPSA) is 38.3 Å². The van der Waals surface area contributed by atoms with Crippen molar-refractivity contribution in [3.63, 3.8) is 0 Å². The summed E-state index contributed by atoms with van der Waals surface area (Å²) in [6.45, 7) is 2.44. The van der Waals surface area contributed by atoms with E-state index in [0.717, 1.165) is 6.07 Å². The van der Waals surface area contributed by atoms with E-state index < -0.39 is 11.7 Å². The molecule has 0 aliphatic heterocycles. The van der Waals surface area contributed by atoms with Crippen LogP contribution in [0.15, 0.2) is 36.4 Å². The lowest BCUT2D eigenvalue weighted by molar-refractivity contribution is 0.102. The van der Waals surface area contributed by atoms with E-state index >= 15 is 0 Å². The Balaban J connectivity index is 2.16. The maximum Gasteiger partial charge on any atom is 0.257 e. The van der Waals surface area contributed by atoms with Gasteiger partial charge in [-0.15, -0.1) is 0 Å². The molecule has 0 spiro atoms. The highest BCUT2D eigenvalue weighted by Crippen LogP contribution is 2.25. The Morgan fingerprint density at radius 2 is 1.86 bits per heavy atom. The Morgan fingerprint density at radius 3 is 2.48 bits per heavy atom. The maximum atomic E-state index is 13.4. The van der Waals surface area contributed by atoms with E-state index in [-0.39, 0.29) is 15.6 Å². The number of rotatable bonds is 4. The zero-order chi connectivity index (χ0) is 15.4. The van der Waals surface area contributed by atoms with Crippen molar-refractivity contribution in [2.75, 3.05) is 11.9 Å². The molecule has 1 N–H and O–H groups in total. The molecule has 0 aliphatic rings. The molecule has 2 rings (SSSR count). The van der Waals surface area contributed by atoms with Gasteiger partial charge in [0.25, 0.3) is 5.91 Å². The first-order valence-corrected chi connectivity index (χ1v) is 6.95. The average Bonchev–Trinajstić information content (AvgIpc) is 2.45.